The van der Waals surface area contributed by atoms with Crippen LogP contribution in [-0.4, -0.2) is 16.1 Å². The van der Waals surface area contributed by atoms with Crippen LogP contribution in [0.25, 0.3) is 0 Å². The zero-order valence-corrected chi connectivity index (χ0v) is 18.4. The minimum absolute atomic E-state index is 0.0632. The lowest BCUT2D eigenvalue weighted by Gasteiger charge is -2.36. The molecule has 0 aliphatic carbocycles. The third kappa shape index (κ3) is 2.82. The maximum absolute atomic E-state index is 4.74. The highest BCUT2D eigenvalue weighted by atomic mass is 15.5. The lowest BCUT2D eigenvalue weighted by atomic mass is 9.82. The van der Waals surface area contributed by atoms with Crippen molar-refractivity contribution in [3.05, 3.63) is 84.7 Å². The number of aryl methyl sites for hydroxylation is 2. The molecule has 30 heavy (non-hydrogen) atoms. The summed E-state index contributed by atoms with van der Waals surface area (Å²) in [6.45, 7) is 15.1. The van der Waals surface area contributed by atoms with Gasteiger partial charge in [-0.05, 0) is 47.7 Å². The molecule has 0 N–H and O–H groups in total. The molecular weight excluding hydrogens is 368 g/mol. The number of hydrogen-bond acceptors (Lipinski definition) is 4. The zero-order valence-electron chi connectivity index (χ0n) is 18.4. The van der Waals surface area contributed by atoms with E-state index in [0.717, 1.165) is 24.5 Å². The predicted molar refractivity (Wildman–Crippen MR) is 126 cm³/mol. The highest BCUT2D eigenvalue weighted by molar-refractivity contribution is 5.88. The first-order chi connectivity index (χ1) is 14.6. The fraction of sp³-hybridized carbons (Fsp3) is 0.308. The van der Waals surface area contributed by atoms with E-state index < -0.39 is 0 Å². The van der Waals surface area contributed by atoms with Crippen LogP contribution in [0.5, 0.6) is 0 Å². The number of benzene rings is 2. The third-order valence-corrected chi connectivity index (χ3v) is 6.30. The van der Waals surface area contributed by atoms with E-state index in [1.165, 1.54) is 28.1 Å². The smallest absolute Gasteiger partial charge is 0.178 e. The summed E-state index contributed by atoms with van der Waals surface area (Å²) >= 11 is 0. The van der Waals surface area contributed by atoms with Crippen LogP contribution in [0.2, 0.25) is 0 Å². The molecule has 0 amide bonds. The molecule has 0 saturated heterocycles. The largest absolute Gasteiger partial charge is 0.301 e. The molecule has 5 rings (SSSR count). The van der Waals surface area contributed by atoms with Gasteiger partial charge in [0.25, 0.3) is 0 Å². The van der Waals surface area contributed by atoms with Crippen LogP contribution >= 0.6 is 0 Å². The van der Waals surface area contributed by atoms with Gasteiger partial charge in [-0.25, -0.2) is 9.97 Å². The fourth-order valence-corrected chi connectivity index (χ4v) is 4.73. The Labute approximate surface area is 179 Å². The minimum Gasteiger partial charge on any atom is -0.301 e. The quantitative estimate of drug-likeness (QED) is 0.484. The van der Waals surface area contributed by atoms with Crippen molar-refractivity contribution in [3.8, 4) is 0 Å². The Kier molecular flexibility index (Phi) is 5.10. The van der Waals surface area contributed by atoms with Gasteiger partial charge in [-0.1, -0.05) is 52.0 Å². The van der Waals surface area contributed by atoms with Crippen LogP contribution in [0.3, 0.4) is 0 Å². The molecule has 154 valence electrons. The van der Waals surface area contributed by atoms with Gasteiger partial charge in [0, 0.05) is 29.2 Å². The standard InChI is InChI=1S/C24H26N4.C2H4/c1-5-16-7-10-18(11-8-16)27-21-22(26-14-13-25-21)28-20-12-9-17(6-2)15-19(20)24(3,4)23(27)28;1-2/h7-15,23H,5-6H2,1-4H3;1-2H2. The molecule has 0 saturated carbocycles. The number of anilines is 4. The van der Waals surface area contributed by atoms with Crippen molar-refractivity contribution < 1.29 is 0 Å². The Hall–Kier alpha value is -3.14. The van der Waals surface area contributed by atoms with Gasteiger partial charge < -0.3 is 9.80 Å². The Bertz CT molecular complexity index is 1040. The SMILES string of the molecule is C=C.CCc1ccc(N2c3nccnc3N3c4ccc(CC)cc4C(C)(C)C23)cc1. The second-order valence-corrected chi connectivity index (χ2v) is 8.26. The highest BCUT2D eigenvalue weighted by Crippen LogP contribution is 2.57. The summed E-state index contributed by atoms with van der Waals surface area (Å²) < 4.78 is 0. The Morgan fingerprint density at radius 2 is 1.40 bits per heavy atom. The first-order valence-electron chi connectivity index (χ1n) is 10.7. The van der Waals surface area contributed by atoms with Gasteiger partial charge >= 0.3 is 0 Å². The molecule has 2 aliphatic rings. The van der Waals surface area contributed by atoms with Crippen LogP contribution < -0.4 is 9.80 Å². The summed E-state index contributed by atoms with van der Waals surface area (Å²) in [4.78, 5) is 14.2. The lowest BCUT2D eigenvalue weighted by Crippen LogP contribution is -2.46. The van der Waals surface area contributed by atoms with Gasteiger partial charge in [-0.3, -0.25) is 0 Å². The van der Waals surface area contributed by atoms with Crippen LogP contribution in [0.1, 0.15) is 44.4 Å². The second-order valence-electron chi connectivity index (χ2n) is 8.26. The summed E-state index contributed by atoms with van der Waals surface area (Å²) in [7, 11) is 0. The van der Waals surface area contributed by atoms with E-state index in [4.69, 9.17) is 9.97 Å². The van der Waals surface area contributed by atoms with Gasteiger partial charge in [0.1, 0.15) is 6.17 Å². The summed E-state index contributed by atoms with van der Waals surface area (Å²) in [6.07, 6.45) is 5.81. The van der Waals surface area contributed by atoms with Crippen LogP contribution in [0.4, 0.5) is 23.0 Å². The van der Waals surface area contributed by atoms with Crippen molar-refractivity contribution in [2.45, 2.75) is 52.1 Å². The molecule has 1 atom stereocenters. The van der Waals surface area contributed by atoms with E-state index in [1.807, 2.05) is 0 Å². The van der Waals surface area contributed by atoms with E-state index in [9.17, 15) is 0 Å². The number of nitrogens with zero attached hydrogens (tertiary/aromatic N) is 4. The lowest BCUT2D eigenvalue weighted by molar-refractivity contribution is 0.449. The van der Waals surface area contributed by atoms with Gasteiger partial charge in [-0.2, -0.15) is 0 Å². The first-order valence-corrected chi connectivity index (χ1v) is 10.7. The van der Waals surface area contributed by atoms with Crippen LogP contribution in [-0.2, 0) is 18.3 Å². The van der Waals surface area contributed by atoms with E-state index in [0.29, 0.717) is 0 Å². The third-order valence-electron chi connectivity index (χ3n) is 6.30. The highest BCUT2D eigenvalue weighted by Gasteiger charge is 2.54. The van der Waals surface area contributed by atoms with Crippen molar-refractivity contribution in [1.29, 1.82) is 0 Å². The van der Waals surface area contributed by atoms with Crippen molar-refractivity contribution in [3.63, 3.8) is 0 Å². The zero-order chi connectivity index (χ0) is 21.5. The van der Waals surface area contributed by atoms with Crippen molar-refractivity contribution in [1.82, 2.24) is 9.97 Å². The minimum atomic E-state index is -0.0632. The summed E-state index contributed by atoms with van der Waals surface area (Å²) in [6, 6.07) is 15.8. The molecule has 0 spiro atoms. The molecule has 0 bridgehead atoms. The van der Waals surface area contributed by atoms with Gasteiger partial charge in [-0.15, -0.1) is 13.2 Å². The van der Waals surface area contributed by atoms with Gasteiger partial charge in [0.05, 0.1) is 0 Å². The Morgan fingerprint density at radius 3 is 2.00 bits per heavy atom. The Morgan fingerprint density at radius 1 is 0.833 bits per heavy atom. The topological polar surface area (TPSA) is 32.3 Å². The average molecular weight is 399 g/mol. The van der Waals surface area contributed by atoms with E-state index in [2.05, 4.69) is 93.1 Å². The molecule has 3 aromatic rings. The molecule has 0 radical (unpaired) electrons. The number of fused-ring (bicyclic) bond motifs is 5. The maximum Gasteiger partial charge on any atom is 0.178 e. The van der Waals surface area contributed by atoms with Crippen molar-refractivity contribution in [2.75, 3.05) is 9.80 Å². The Balaban J connectivity index is 0.00000106. The molecule has 3 heterocycles. The maximum atomic E-state index is 4.74. The number of hydrogen-bond donors (Lipinski definition) is 0. The number of aromatic nitrogens is 2. The van der Waals surface area contributed by atoms with Crippen molar-refractivity contribution >= 4 is 23.0 Å². The monoisotopic (exact) mass is 398 g/mol. The van der Waals surface area contributed by atoms with Crippen LogP contribution in [0.15, 0.2) is 68.0 Å². The van der Waals surface area contributed by atoms with Crippen molar-refractivity contribution in [2.24, 2.45) is 0 Å². The van der Waals surface area contributed by atoms with E-state index >= 15 is 0 Å². The van der Waals surface area contributed by atoms with Gasteiger partial charge in [0.15, 0.2) is 11.6 Å². The summed E-state index contributed by atoms with van der Waals surface area (Å²) in [5.74, 6) is 1.89. The van der Waals surface area contributed by atoms with E-state index in [1.54, 1.807) is 12.4 Å². The summed E-state index contributed by atoms with van der Waals surface area (Å²) in [5, 5.41) is 0. The fourth-order valence-electron chi connectivity index (χ4n) is 4.73. The predicted octanol–water partition coefficient (Wildman–Crippen LogP) is 6.31. The van der Waals surface area contributed by atoms with Gasteiger partial charge in [0.2, 0.25) is 0 Å². The molecule has 4 nitrogen and oxygen atoms in total. The summed E-state index contributed by atoms with van der Waals surface area (Å²) in [5.41, 5.74) is 6.48. The van der Waals surface area contributed by atoms with E-state index in [-0.39, 0.29) is 11.6 Å². The average Bonchev–Trinajstić information content (AvgIpc) is 3.26. The molecule has 1 unspecified atom stereocenters. The first kappa shape index (κ1) is 20.1. The molecule has 1 aromatic heterocycles. The normalized spacial score (nSPS) is 17.7. The second kappa shape index (κ2) is 7.60. The molecule has 2 aromatic carbocycles. The number of rotatable bonds is 3. The molecule has 4 heteroatoms. The molecular formula is C26H30N4. The van der Waals surface area contributed by atoms with Crippen LogP contribution in [0, 0.1) is 0 Å². The molecule has 0 fully saturated rings. The molecule has 2 aliphatic heterocycles.